The molecule has 90 valence electrons. The number of hydrogen-bond acceptors (Lipinski definition) is 3. The summed E-state index contributed by atoms with van der Waals surface area (Å²) in [6.07, 6.45) is 0. The standard InChI is InChI=1S/C13H17N3O/c1-9(15)12(17)16-11-6-4-10(5-7-11)13(2,3)8-14/h4-7,9H,15H2,1-3H3,(H,16,17). The van der Waals surface area contributed by atoms with Crippen molar-refractivity contribution in [1.29, 1.82) is 5.26 Å². The van der Waals surface area contributed by atoms with Gasteiger partial charge in [0.2, 0.25) is 5.91 Å². The number of nitriles is 1. The van der Waals surface area contributed by atoms with Gasteiger partial charge in [-0.05, 0) is 38.5 Å². The first-order valence-electron chi connectivity index (χ1n) is 5.45. The Morgan fingerprint density at radius 3 is 2.35 bits per heavy atom. The van der Waals surface area contributed by atoms with Crippen molar-refractivity contribution in [2.24, 2.45) is 5.73 Å². The zero-order valence-electron chi connectivity index (χ0n) is 10.3. The van der Waals surface area contributed by atoms with E-state index in [4.69, 9.17) is 11.0 Å². The smallest absolute Gasteiger partial charge is 0.240 e. The first-order valence-corrected chi connectivity index (χ1v) is 5.45. The normalized spacial score (nSPS) is 12.6. The highest BCUT2D eigenvalue weighted by molar-refractivity contribution is 5.94. The third-order valence-corrected chi connectivity index (χ3v) is 2.57. The molecule has 1 rings (SSSR count). The summed E-state index contributed by atoms with van der Waals surface area (Å²) in [6.45, 7) is 5.33. The average Bonchev–Trinajstić information content (AvgIpc) is 2.29. The SMILES string of the molecule is CC(N)C(=O)Nc1ccc(C(C)(C)C#N)cc1. The molecule has 0 aliphatic carbocycles. The zero-order valence-corrected chi connectivity index (χ0v) is 10.3. The molecule has 17 heavy (non-hydrogen) atoms. The molecule has 1 unspecified atom stereocenters. The molecule has 1 aromatic rings. The fraction of sp³-hybridized carbons (Fsp3) is 0.385. The number of amides is 1. The van der Waals surface area contributed by atoms with Gasteiger partial charge in [0.05, 0.1) is 17.5 Å². The largest absolute Gasteiger partial charge is 0.325 e. The second-order valence-electron chi connectivity index (χ2n) is 4.59. The minimum Gasteiger partial charge on any atom is -0.325 e. The number of carbonyl (C=O) groups excluding carboxylic acids is 1. The molecule has 0 spiro atoms. The molecule has 0 radical (unpaired) electrons. The maximum atomic E-state index is 11.4. The lowest BCUT2D eigenvalue weighted by Gasteiger charge is -2.16. The van der Waals surface area contributed by atoms with Gasteiger partial charge in [0.15, 0.2) is 0 Å². The van der Waals surface area contributed by atoms with E-state index < -0.39 is 11.5 Å². The maximum Gasteiger partial charge on any atom is 0.240 e. The first-order chi connectivity index (χ1) is 7.86. The van der Waals surface area contributed by atoms with E-state index in [2.05, 4.69) is 11.4 Å². The number of benzene rings is 1. The molecule has 0 fully saturated rings. The van der Waals surface area contributed by atoms with Gasteiger partial charge < -0.3 is 11.1 Å². The summed E-state index contributed by atoms with van der Waals surface area (Å²) in [4.78, 5) is 11.4. The molecule has 0 aliphatic heterocycles. The summed E-state index contributed by atoms with van der Waals surface area (Å²) in [5.41, 5.74) is 6.53. The molecule has 1 aromatic carbocycles. The van der Waals surface area contributed by atoms with Crippen LogP contribution in [0.15, 0.2) is 24.3 Å². The summed E-state index contributed by atoms with van der Waals surface area (Å²) in [5, 5.41) is 11.7. The van der Waals surface area contributed by atoms with Crippen LogP contribution in [0.2, 0.25) is 0 Å². The van der Waals surface area contributed by atoms with Crippen molar-refractivity contribution < 1.29 is 4.79 Å². The van der Waals surface area contributed by atoms with E-state index in [1.807, 2.05) is 26.0 Å². The first kappa shape index (κ1) is 13.2. The van der Waals surface area contributed by atoms with Crippen LogP contribution in [0.25, 0.3) is 0 Å². The van der Waals surface area contributed by atoms with Crippen LogP contribution in [0.5, 0.6) is 0 Å². The predicted octanol–water partition coefficient (Wildman–Crippen LogP) is 1.77. The van der Waals surface area contributed by atoms with Crippen LogP contribution in [-0.2, 0) is 10.2 Å². The van der Waals surface area contributed by atoms with E-state index in [0.29, 0.717) is 5.69 Å². The van der Waals surface area contributed by atoms with E-state index in [1.54, 1.807) is 19.1 Å². The minimum absolute atomic E-state index is 0.225. The molecular weight excluding hydrogens is 214 g/mol. The Morgan fingerprint density at radius 1 is 1.41 bits per heavy atom. The molecule has 4 nitrogen and oxygen atoms in total. The summed E-state index contributed by atoms with van der Waals surface area (Å²) in [6, 6.07) is 8.90. The number of hydrogen-bond donors (Lipinski definition) is 2. The van der Waals surface area contributed by atoms with Crippen LogP contribution in [0, 0.1) is 11.3 Å². The quantitative estimate of drug-likeness (QED) is 0.832. The van der Waals surface area contributed by atoms with E-state index in [1.165, 1.54) is 0 Å². The van der Waals surface area contributed by atoms with Gasteiger partial charge in [-0.2, -0.15) is 5.26 Å². The molecule has 3 N–H and O–H groups in total. The average molecular weight is 231 g/mol. The van der Waals surface area contributed by atoms with Gasteiger partial charge in [-0.3, -0.25) is 4.79 Å². The third kappa shape index (κ3) is 3.30. The van der Waals surface area contributed by atoms with Crippen molar-refractivity contribution in [3.63, 3.8) is 0 Å². The number of nitrogens with two attached hydrogens (primary N) is 1. The van der Waals surface area contributed by atoms with Gasteiger partial charge in [0.25, 0.3) is 0 Å². The monoisotopic (exact) mass is 231 g/mol. The lowest BCUT2D eigenvalue weighted by atomic mass is 9.86. The number of anilines is 1. The Hall–Kier alpha value is -1.86. The molecule has 0 aromatic heterocycles. The van der Waals surface area contributed by atoms with E-state index >= 15 is 0 Å². The Bertz CT molecular complexity index is 441. The molecule has 0 saturated carbocycles. The van der Waals surface area contributed by atoms with Crippen molar-refractivity contribution in [3.05, 3.63) is 29.8 Å². The molecule has 1 amide bonds. The van der Waals surface area contributed by atoms with Crippen molar-refractivity contribution in [2.45, 2.75) is 32.2 Å². The Morgan fingerprint density at radius 2 is 1.94 bits per heavy atom. The van der Waals surface area contributed by atoms with Gasteiger partial charge in [-0.1, -0.05) is 12.1 Å². The number of nitrogens with zero attached hydrogens (tertiary/aromatic N) is 1. The van der Waals surface area contributed by atoms with Crippen LogP contribution < -0.4 is 11.1 Å². The van der Waals surface area contributed by atoms with Crippen LogP contribution in [-0.4, -0.2) is 11.9 Å². The van der Waals surface area contributed by atoms with Gasteiger partial charge >= 0.3 is 0 Å². The van der Waals surface area contributed by atoms with Crippen LogP contribution >= 0.6 is 0 Å². The van der Waals surface area contributed by atoms with Crippen LogP contribution in [0.3, 0.4) is 0 Å². The highest BCUT2D eigenvalue weighted by atomic mass is 16.2. The van der Waals surface area contributed by atoms with Crippen LogP contribution in [0.4, 0.5) is 5.69 Å². The molecule has 0 saturated heterocycles. The third-order valence-electron chi connectivity index (χ3n) is 2.57. The molecular formula is C13H17N3O. The highest BCUT2D eigenvalue weighted by Crippen LogP contribution is 2.23. The molecule has 0 bridgehead atoms. The fourth-order valence-corrected chi connectivity index (χ4v) is 1.29. The highest BCUT2D eigenvalue weighted by Gasteiger charge is 2.19. The molecule has 4 heteroatoms. The maximum absolute atomic E-state index is 11.4. The summed E-state index contributed by atoms with van der Waals surface area (Å²) < 4.78 is 0. The van der Waals surface area contributed by atoms with E-state index in [9.17, 15) is 4.79 Å². The van der Waals surface area contributed by atoms with E-state index in [0.717, 1.165) is 5.56 Å². The molecule has 1 atom stereocenters. The Kier molecular flexibility index (Phi) is 3.87. The van der Waals surface area contributed by atoms with Gasteiger partial charge in [0, 0.05) is 5.69 Å². The number of carbonyl (C=O) groups is 1. The second-order valence-corrected chi connectivity index (χ2v) is 4.59. The molecule has 0 heterocycles. The molecule has 0 aliphatic rings. The summed E-state index contributed by atoms with van der Waals surface area (Å²) in [5.74, 6) is -0.225. The number of nitrogens with one attached hydrogen (secondary N) is 1. The topological polar surface area (TPSA) is 78.9 Å². The van der Waals surface area contributed by atoms with Crippen molar-refractivity contribution >= 4 is 11.6 Å². The predicted molar refractivity (Wildman–Crippen MR) is 67.4 cm³/mol. The van der Waals surface area contributed by atoms with Crippen molar-refractivity contribution in [1.82, 2.24) is 0 Å². The van der Waals surface area contributed by atoms with Gasteiger partial charge in [-0.25, -0.2) is 0 Å². The Labute approximate surface area is 101 Å². The van der Waals surface area contributed by atoms with Crippen molar-refractivity contribution in [3.8, 4) is 6.07 Å². The van der Waals surface area contributed by atoms with Crippen molar-refractivity contribution in [2.75, 3.05) is 5.32 Å². The van der Waals surface area contributed by atoms with Gasteiger partial charge in [-0.15, -0.1) is 0 Å². The second kappa shape index (κ2) is 4.98. The Balaban J connectivity index is 2.83. The lowest BCUT2D eigenvalue weighted by molar-refractivity contribution is -0.117. The number of rotatable bonds is 3. The lowest BCUT2D eigenvalue weighted by Crippen LogP contribution is -2.32. The summed E-state index contributed by atoms with van der Waals surface area (Å²) >= 11 is 0. The van der Waals surface area contributed by atoms with Gasteiger partial charge in [0.1, 0.15) is 0 Å². The zero-order chi connectivity index (χ0) is 13.1. The van der Waals surface area contributed by atoms with E-state index in [-0.39, 0.29) is 5.91 Å². The van der Waals surface area contributed by atoms with Crippen LogP contribution in [0.1, 0.15) is 26.3 Å². The fourth-order valence-electron chi connectivity index (χ4n) is 1.29. The summed E-state index contributed by atoms with van der Waals surface area (Å²) in [7, 11) is 0. The minimum atomic E-state index is -0.537.